The summed E-state index contributed by atoms with van der Waals surface area (Å²) in [5.41, 5.74) is 0. The Balaban J connectivity index is 2.74. The Morgan fingerprint density at radius 1 is 1.55 bits per heavy atom. The number of rotatable bonds is 3. The van der Waals surface area contributed by atoms with Crippen molar-refractivity contribution in [1.82, 2.24) is 4.98 Å². The molecule has 11 heavy (non-hydrogen) atoms. The molecule has 0 saturated heterocycles. The molecule has 1 heterocycles. The van der Waals surface area contributed by atoms with Gasteiger partial charge >= 0.3 is 0 Å². The van der Waals surface area contributed by atoms with Crippen molar-refractivity contribution in [2.24, 2.45) is 0 Å². The molecule has 0 amide bonds. The molecule has 0 bridgehead atoms. The molecule has 1 aromatic rings. The summed E-state index contributed by atoms with van der Waals surface area (Å²) in [6.07, 6.45) is 0. The van der Waals surface area contributed by atoms with Crippen LogP contribution in [0.5, 0.6) is 5.88 Å². The lowest BCUT2D eigenvalue weighted by Crippen LogP contribution is -1.87. The molecule has 0 fully saturated rings. The van der Waals surface area contributed by atoms with Crippen LogP contribution in [0.4, 0.5) is 0 Å². The number of hydrogen-bond donors (Lipinski definition) is 0. The highest BCUT2D eigenvalue weighted by atomic mass is 32.2. The third-order valence-corrected chi connectivity index (χ3v) is 2.01. The van der Waals surface area contributed by atoms with Crippen LogP contribution in [-0.4, -0.2) is 17.8 Å². The molecular formula is C8H11NOS. The van der Waals surface area contributed by atoms with Crippen molar-refractivity contribution in [3.05, 3.63) is 18.2 Å². The molecule has 0 N–H and O–H groups in total. The second-order valence-electron chi connectivity index (χ2n) is 1.95. The first-order valence-corrected chi connectivity index (χ1v) is 4.49. The maximum absolute atomic E-state index is 4.98. The van der Waals surface area contributed by atoms with Crippen molar-refractivity contribution in [2.75, 3.05) is 12.9 Å². The lowest BCUT2D eigenvalue weighted by atomic mass is 10.5. The Hall–Kier alpha value is -0.700. The highest BCUT2D eigenvalue weighted by Crippen LogP contribution is 2.17. The standard InChI is InChI=1S/C8H11NOS/c1-3-11-8-6-4-5-7(9-8)10-2/h4-6H,3H2,1-2H3. The Kier molecular flexibility index (Phi) is 3.23. The summed E-state index contributed by atoms with van der Waals surface area (Å²) in [7, 11) is 1.63. The number of methoxy groups -OCH3 is 1. The first-order chi connectivity index (χ1) is 5.36. The molecule has 0 aromatic carbocycles. The van der Waals surface area contributed by atoms with Crippen LogP contribution in [0.3, 0.4) is 0 Å². The molecule has 2 nitrogen and oxygen atoms in total. The molecule has 1 aromatic heterocycles. The fraction of sp³-hybridized carbons (Fsp3) is 0.375. The van der Waals surface area contributed by atoms with Gasteiger partial charge in [0.25, 0.3) is 0 Å². The molecule has 0 aliphatic carbocycles. The molecule has 60 valence electrons. The van der Waals surface area contributed by atoms with Crippen LogP contribution in [0.15, 0.2) is 23.2 Å². The van der Waals surface area contributed by atoms with Crippen LogP contribution in [0.1, 0.15) is 6.92 Å². The van der Waals surface area contributed by atoms with E-state index < -0.39 is 0 Å². The highest BCUT2D eigenvalue weighted by Gasteiger charge is 1.94. The van der Waals surface area contributed by atoms with Crippen LogP contribution >= 0.6 is 11.8 Å². The molecule has 0 aliphatic rings. The van der Waals surface area contributed by atoms with Crippen LogP contribution < -0.4 is 4.74 Å². The van der Waals surface area contributed by atoms with Gasteiger partial charge in [-0.1, -0.05) is 13.0 Å². The van der Waals surface area contributed by atoms with Crippen molar-refractivity contribution in [3.8, 4) is 5.88 Å². The van der Waals surface area contributed by atoms with Gasteiger partial charge in [-0.05, 0) is 11.8 Å². The first kappa shape index (κ1) is 8.40. The maximum atomic E-state index is 4.98. The molecule has 0 atom stereocenters. The van der Waals surface area contributed by atoms with Gasteiger partial charge in [0.2, 0.25) is 5.88 Å². The van der Waals surface area contributed by atoms with E-state index in [0.717, 1.165) is 10.8 Å². The number of ether oxygens (including phenoxy) is 1. The number of hydrogen-bond acceptors (Lipinski definition) is 3. The SMILES string of the molecule is CCSc1cccc(OC)n1. The number of pyridine rings is 1. The molecule has 0 saturated carbocycles. The highest BCUT2D eigenvalue weighted by molar-refractivity contribution is 7.99. The zero-order valence-corrected chi connectivity index (χ0v) is 7.52. The zero-order chi connectivity index (χ0) is 8.10. The summed E-state index contributed by atoms with van der Waals surface area (Å²) in [4.78, 5) is 4.22. The fourth-order valence-electron chi connectivity index (χ4n) is 0.738. The van der Waals surface area contributed by atoms with E-state index >= 15 is 0 Å². The van der Waals surface area contributed by atoms with E-state index in [-0.39, 0.29) is 0 Å². The quantitative estimate of drug-likeness (QED) is 0.648. The van der Waals surface area contributed by atoms with Crippen molar-refractivity contribution in [3.63, 3.8) is 0 Å². The summed E-state index contributed by atoms with van der Waals surface area (Å²) in [5.74, 6) is 1.73. The Bertz CT molecular complexity index is 227. The van der Waals surface area contributed by atoms with Crippen molar-refractivity contribution in [1.29, 1.82) is 0 Å². The van der Waals surface area contributed by atoms with Crippen molar-refractivity contribution < 1.29 is 4.74 Å². The van der Waals surface area contributed by atoms with Crippen LogP contribution in [0.25, 0.3) is 0 Å². The molecule has 3 heteroatoms. The smallest absolute Gasteiger partial charge is 0.213 e. The van der Waals surface area contributed by atoms with E-state index in [4.69, 9.17) is 4.74 Å². The molecule has 0 unspecified atom stereocenters. The van der Waals surface area contributed by atoms with Gasteiger partial charge in [0.1, 0.15) is 5.03 Å². The van der Waals surface area contributed by atoms with Gasteiger partial charge in [-0.15, -0.1) is 11.8 Å². The number of thioether (sulfide) groups is 1. The molecular weight excluding hydrogens is 158 g/mol. The summed E-state index contributed by atoms with van der Waals surface area (Å²) < 4.78 is 4.98. The van der Waals surface area contributed by atoms with Gasteiger partial charge in [-0.2, -0.15) is 0 Å². The lowest BCUT2D eigenvalue weighted by Gasteiger charge is -2.00. The van der Waals surface area contributed by atoms with Crippen LogP contribution in [0.2, 0.25) is 0 Å². The molecule has 0 aliphatic heterocycles. The topological polar surface area (TPSA) is 22.1 Å². The van der Waals surface area contributed by atoms with Gasteiger partial charge in [0.05, 0.1) is 7.11 Å². The Labute approximate surface area is 71.0 Å². The monoisotopic (exact) mass is 169 g/mol. The number of aromatic nitrogens is 1. The predicted molar refractivity (Wildman–Crippen MR) is 47.2 cm³/mol. The summed E-state index contributed by atoms with van der Waals surface area (Å²) in [6, 6.07) is 5.78. The van der Waals surface area contributed by atoms with Gasteiger partial charge in [0.15, 0.2) is 0 Å². The summed E-state index contributed by atoms with van der Waals surface area (Å²) >= 11 is 1.71. The fourth-order valence-corrected chi connectivity index (χ4v) is 1.36. The molecule has 1 rings (SSSR count). The van der Waals surface area contributed by atoms with Crippen LogP contribution in [0, 0.1) is 0 Å². The third kappa shape index (κ3) is 2.42. The van der Waals surface area contributed by atoms with E-state index in [1.165, 1.54) is 0 Å². The van der Waals surface area contributed by atoms with Gasteiger partial charge < -0.3 is 4.74 Å². The maximum Gasteiger partial charge on any atom is 0.213 e. The minimum Gasteiger partial charge on any atom is -0.481 e. The van der Waals surface area contributed by atoms with Gasteiger partial charge in [0, 0.05) is 6.07 Å². The second kappa shape index (κ2) is 4.23. The van der Waals surface area contributed by atoms with Gasteiger partial charge in [-0.25, -0.2) is 4.98 Å². The van der Waals surface area contributed by atoms with Crippen molar-refractivity contribution in [2.45, 2.75) is 11.9 Å². The van der Waals surface area contributed by atoms with E-state index in [9.17, 15) is 0 Å². The average Bonchev–Trinajstić information content (AvgIpc) is 2.06. The molecule has 0 spiro atoms. The van der Waals surface area contributed by atoms with Crippen molar-refractivity contribution >= 4 is 11.8 Å². The third-order valence-electron chi connectivity index (χ3n) is 1.20. The average molecular weight is 169 g/mol. The van der Waals surface area contributed by atoms with E-state index in [0.29, 0.717) is 5.88 Å². The normalized spacial score (nSPS) is 9.64. The summed E-state index contributed by atoms with van der Waals surface area (Å²) in [5, 5.41) is 1.02. The summed E-state index contributed by atoms with van der Waals surface area (Å²) in [6.45, 7) is 2.10. The Morgan fingerprint density at radius 2 is 2.36 bits per heavy atom. The second-order valence-corrected chi connectivity index (χ2v) is 3.24. The molecule has 0 radical (unpaired) electrons. The van der Waals surface area contributed by atoms with E-state index in [1.54, 1.807) is 18.9 Å². The van der Waals surface area contributed by atoms with E-state index in [1.807, 2.05) is 18.2 Å². The van der Waals surface area contributed by atoms with Crippen LogP contribution in [-0.2, 0) is 0 Å². The minimum absolute atomic E-state index is 0.684. The number of nitrogens with zero attached hydrogens (tertiary/aromatic N) is 1. The first-order valence-electron chi connectivity index (χ1n) is 3.50. The Morgan fingerprint density at radius 3 is 3.00 bits per heavy atom. The van der Waals surface area contributed by atoms with Gasteiger partial charge in [-0.3, -0.25) is 0 Å². The van der Waals surface area contributed by atoms with E-state index in [2.05, 4.69) is 11.9 Å². The largest absolute Gasteiger partial charge is 0.481 e. The predicted octanol–water partition coefficient (Wildman–Crippen LogP) is 2.20. The minimum atomic E-state index is 0.684. The lowest BCUT2D eigenvalue weighted by molar-refractivity contribution is 0.394. The zero-order valence-electron chi connectivity index (χ0n) is 6.70.